The molecule has 1 aliphatic heterocycles. The highest BCUT2D eigenvalue weighted by molar-refractivity contribution is 6.28. The Balaban J connectivity index is 1.56. The van der Waals surface area contributed by atoms with Crippen molar-refractivity contribution in [2.45, 2.75) is 76.7 Å². The molecule has 0 radical (unpaired) electrons. The van der Waals surface area contributed by atoms with Crippen LogP contribution in [0.2, 0.25) is 5.28 Å². The Bertz CT molecular complexity index is 1320. The number of esters is 2. The molecule has 4 rings (SSSR count). The fraction of sp³-hybridized carbons (Fsp3) is 0.636. The molecule has 2 fully saturated rings. The Morgan fingerprint density at radius 1 is 1.28 bits per heavy atom. The minimum absolute atomic E-state index is 0.0230. The molecule has 2 aromatic heterocycles. The monoisotopic (exact) mass is 566 g/mol. The van der Waals surface area contributed by atoms with E-state index in [1.165, 1.54) is 10.9 Å². The van der Waals surface area contributed by atoms with Gasteiger partial charge in [-0.15, -0.1) is 0 Å². The molecule has 0 aromatic carbocycles. The lowest BCUT2D eigenvalue weighted by atomic mass is 10.2. The van der Waals surface area contributed by atoms with Crippen LogP contribution in [-0.2, 0) is 33.3 Å². The first-order chi connectivity index (χ1) is 18.4. The van der Waals surface area contributed by atoms with Crippen molar-refractivity contribution in [3.8, 4) is 0 Å². The van der Waals surface area contributed by atoms with Gasteiger partial charge in [-0.3, -0.25) is 9.88 Å². The highest BCUT2D eigenvalue weighted by Crippen LogP contribution is 2.58. The third-order valence-corrected chi connectivity index (χ3v) is 5.96. The van der Waals surface area contributed by atoms with Crippen molar-refractivity contribution in [3.63, 3.8) is 0 Å². The molecule has 1 saturated carbocycles. The van der Waals surface area contributed by atoms with Crippen molar-refractivity contribution < 1.29 is 38.1 Å². The number of rotatable bonds is 9. The van der Waals surface area contributed by atoms with E-state index >= 15 is 0 Å². The minimum atomic E-state index is -1.67. The van der Waals surface area contributed by atoms with Crippen LogP contribution in [0.4, 0.5) is 10.6 Å². The lowest BCUT2D eigenvalue weighted by molar-refractivity contribution is -0.176. The fourth-order valence-electron chi connectivity index (χ4n) is 4.25. The number of carbonyl (C=O) groups is 3. The van der Waals surface area contributed by atoms with Crippen LogP contribution in [0, 0.1) is 0 Å². The van der Waals surface area contributed by atoms with Gasteiger partial charge in [0.05, 0.1) is 19.5 Å². The van der Waals surface area contributed by atoms with E-state index in [0.29, 0.717) is 0 Å². The Labute approximate surface area is 226 Å². The van der Waals surface area contributed by atoms with Gasteiger partial charge in [-0.25, -0.2) is 19.4 Å². The quantitative estimate of drug-likeness (QED) is 0.0888. The summed E-state index contributed by atoms with van der Waals surface area (Å²) in [5.41, 5.74) is 7.72. The molecule has 1 amide bonds. The summed E-state index contributed by atoms with van der Waals surface area (Å²) < 4.78 is 28.5. The van der Waals surface area contributed by atoms with E-state index in [1.807, 2.05) is 0 Å². The van der Waals surface area contributed by atoms with Gasteiger partial charge in [0.1, 0.15) is 29.6 Å². The van der Waals surface area contributed by atoms with Gasteiger partial charge >= 0.3 is 18.0 Å². The van der Waals surface area contributed by atoms with Crippen LogP contribution in [0.25, 0.3) is 21.6 Å². The molecule has 1 N–H and O–H groups in total. The molecule has 4 atom stereocenters. The fourth-order valence-corrected chi connectivity index (χ4v) is 4.41. The second kappa shape index (κ2) is 10.8. The maximum Gasteiger partial charge on any atom is 0.413 e. The van der Waals surface area contributed by atoms with Crippen molar-refractivity contribution in [2.24, 2.45) is 5.11 Å². The molecule has 2 aromatic rings. The summed E-state index contributed by atoms with van der Waals surface area (Å²) in [6.07, 6.45) is -3.38. The highest BCUT2D eigenvalue weighted by atomic mass is 35.5. The van der Waals surface area contributed by atoms with Gasteiger partial charge in [-0.05, 0) is 51.8 Å². The highest BCUT2D eigenvalue weighted by Gasteiger charge is 2.74. The number of amides is 1. The first kappa shape index (κ1) is 28.3. The predicted molar refractivity (Wildman–Crippen MR) is 133 cm³/mol. The Kier molecular flexibility index (Phi) is 7.84. The molecule has 0 spiro atoms. The SMILES string of the molecule is CCOC(=O)C(OC1[C@H]2O[C@@H](n3cnc4c(NC(=O)OC(C)(C)C)nc(Cl)nc43)CC12N=[N+]=[N-])C(=O)OCC. The number of halogens is 1. The van der Waals surface area contributed by atoms with Crippen LogP contribution in [0.3, 0.4) is 0 Å². The predicted octanol–water partition coefficient (Wildman–Crippen LogP) is 3.06. The first-order valence-electron chi connectivity index (χ1n) is 12.0. The third kappa shape index (κ3) is 5.68. The summed E-state index contributed by atoms with van der Waals surface area (Å²) in [6, 6.07) is 0. The van der Waals surface area contributed by atoms with Crippen LogP contribution >= 0.6 is 11.6 Å². The second-order valence-corrected chi connectivity index (χ2v) is 9.97. The van der Waals surface area contributed by atoms with Gasteiger partial charge < -0.3 is 23.7 Å². The molecule has 210 valence electrons. The lowest BCUT2D eigenvalue weighted by Crippen LogP contribution is -2.38. The van der Waals surface area contributed by atoms with E-state index in [0.717, 1.165) is 0 Å². The number of imidazole rings is 1. The van der Waals surface area contributed by atoms with Gasteiger partial charge in [-0.1, -0.05) is 5.11 Å². The summed E-state index contributed by atoms with van der Waals surface area (Å²) >= 11 is 6.11. The molecule has 2 unspecified atom stereocenters. The van der Waals surface area contributed by atoms with Crippen molar-refractivity contribution >= 4 is 46.6 Å². The number of nitrogens with zero attached hydrogens (tertiary/aromatic N) is 7. The summed E-state index contributed by atoms with van der Waals surface area (Å²) in [4.78, 5) is 52.4. The van der Waals surface area contributed by atoms with Gasteiger partial charge in [0, 0.05) is 11.3 Å². The zero-order chi connectivity index (χ0) is 28.5. The summed E-state index contributed by atoms with van der Waals surface area (Å²) in [5, 5.41) is 6.23. The Morgan fingerprint density at radius 3 is 2.54 bits per heavy atom. The van der Waals surface area contributed by atoms with Crippen LogP contribution in [0.5, 0.6) is 0 Å². The number of fused-ring (bicyclic) bond motifs is 2. The number of nitrogens with one attached hydrogen (secondary N) is 1. The molecule has 39 heavy (non-hydrogen) atoms. The van der Waals surface area contributed by atoms with E-state index in [-0.39, 0.29) is 41.9 Å². The van der Waals surface area contributed by atoms with E-state index < -0.39 is 53.7 Å². The van der Waals surface area contributed by atoms with Crippen LogP contribution in [-0.4, -0.2) is 80.2 Å². The normalized spacial score (nSPS) is 23.6. The Hall–Kier alpha value is -3.72. The number of azide groups is 1. The number of ether oxygens (including phenoxy) is 5. The molecule has 1 aliphatic carbocycles. The van der Waals surface area contributed by atoms with Crippen molar-refractivity contribution in [1.29, 1.82) is 0 Å². The summed E-state index contributed by atoms with van der Waals surface area (Å²) in [5.74, 6) is -1.82. The van der Waals surface area contributed by atoms with Gasteiger partial charge in [0.25, 0.3) is 6.10 Å². The maximum atomic E-state index is 12.3. The van der Waals surface area contributed by atoms with Crippen LogP contribution in [0.1, 0.15) is 47.3 Å². The first-order valence-corrected chi connectivity index (χ1v) is 12.4. The number of aromatic nitrogens is 4. The zero-order valence-corrected chi connectivity index (χ0v) is 22.5. The minimum Gasteiger partial charge on any atom is -0.464 e. The van der Waals surface area contributed by atoms with E-state index in [2.05, 4.69) is 30.3 Å². The molecular formula is C22H27ClN8O8. The standard InChI is InChI=1S/C22H27ClN8O8/c1-6-35-17(32)12(18(33)36-7-2)38-14-13-22(14,29-30-24)8-10(37-13)31-9-25-11-15(26-19(23)28-16(11)31)27-20(34)39-21(3,4)5/h9-10,12-14H,6-8H2,1-5H3,(H,26,27,28,34)/t10-,13-,14?,22?/m1/s1. The molecule has 3 heterocycles. The average molecular weight is 567 g/mol. The number of hydrogen-bond donors (Lipinski definition) is 1. The third-order valence-electron chi connectivity index (χ3n) is 5.80. The van der Waals surface area contributed by atoms with Crippen molar-refractivity contribution in [1.82, 2.24) is 19.5 Å². The zero-order valence-electron chi connectivity index (χ0n) is 21.8. The van der Waals surface area contributed by atoms with Crippen molar-refractivity contribution in [2.75, 3.05) is 18.5 Å². The van der Waals surface area contributed by atoms with Crippen LogP contribution in [0.15, 0.2) is 11.4 Å². The molecular weight excluding hydrogens is 540 g/mol. The lowest BCUT2D eigenvalue weighted by Gasteiger charge is -2.21. The smallest absolute Gasteiger partial charge is 0.413 e. The van der Waals surface area contributed by atoms with E-state index in [9.17, 15) is 19.9 Å². The average Bonchev–Trinajstić information content (AvgIpc) is 3.13. The molecule has 0 bridgehead atoms. The second-order valence-electron chi connectivity index (χ2n) is 9.63. The molecule has 17 heteroatoms. The largest absolute Gasteiger partial charge is 0.464 e. The molecule has 2 aliphatic rings. The van der Waals surface area contributed by atoms with Gasteiger partial charge in [-0.2, -0.15) is 9.97 Å². The summed E-state index contributed by atoms with van der Waals surface area (Å²) in [6.45, 7) is 8.35. The van der Waals surface area contributed by atoms with Crippen LogP contribution < -0.4 is 5.32 Å². The van der Waals surface area contributed by atoms with Gasteiger partial charge in [0.15, 0.2) is 17.0 Å². The van der Waals surface area contributed by atoms with Crippen molar-refractivity contribution in [3.05, 3.63) is 22.1 Å². The topological polar surface area (TPSA) is 202 Å². The number of hydrogen-bond acceptors (Lipinski definition) is 12. The number of anilines is 1. The van der Waals surface area contributed by atoms with E-state index in [4.69, 9.17) is 35.3 Å². The Morgan fingerprint density at radius 2 is 1.95 bits per heavy atom. The maximum absolute atomic E-state index is 12.3. The van der Waals surface area contributed by atoms with E-state index in [1.54, 1.807) is 34.6 Å². The van der Waals surface area contributed by atoms with Gasteiger partial charge in [0.2, 0.25) is 5.28 Å². The number of carbonyl (C=O) groups excluding carboxylic acids is 3. The summed E-state index contributed by atoms with van der Waals surface area (Å²) in [7, 11) is 0. The molecule has 16 nitrogen and oxygen atoms in total. The molecule has 1 saturated heterocycles.